The molecule has 3 nitrogen and oxygen atoms in total. The van der Waals surface area contributed by atoms with E-state index in [9.17, 15) is 0 Å². The Morgan fingerprint density at radius 2 is 1.93 bits per heavy atom. The van der Waals surface area contributed by atoms with Crippen LogP contribution in [-0.4, -0.2) is 62.2 Å². The third-order valence-corrected chi connectivity index (χ3v) is 4.37. The zero-order valence-electron chi connectivity index (χ0n) is 9.13. The molecule has 0 aliphatic carbocycles. The molecule has 3 heterocycles. The SMILES string of the molecule is CN1CCC2(CCN(C3CNC3)C2)C1. The molecule has 1 atom stereocenters. The molecule has 0 radical (unpaired) electrons. The van der Waals surface area contributed by atoms with Crippen LogP contribution < -0.4 is 5.32 Å². The second-order valence-corrected chi connectivity index (χ2v) is 5.52. The third kappa shape index (κ3) is 1.38. The lowest BCUT2D eigenvalue weighted by atomic mass is 9.86. The Kier molecular flexibility index (Phi) is 2.08. The molecule has 3 rings (SSSR count). The lowest BCUT2D eigenvalue weighted by Crippen LogP contribution is -2.56. The van der Waals surface area contributed by atoms with Crippen LogP contribution in [-0.2, 0) is 0 Å². The predicted octanol–water partition coefficient (Wildman–Crippen LogP) is -0.0142. The first-order chi connectivity index (χ1) is 6.77. The fourth-order valence-electron chi connectivity index (χ4n) is 3.30. The number of hydrogen-bond donors (Lipinski definition) is 1. The average molecular weight is 195 g/mol. The van der Waals surface area contributed by atoms with Gasteiger partial charge in [0.15, 0.2) is 0 Å². The zero-order valence-corrected chi connectivity index (χ0v) is 9.13. The van der Waals surface area contributed by atoms with E-state index < -0.39 is 0 Å². The molecule has 14 heavy (non-hydrogen) atoms. The van der Waals surface area contributed by atoms with Crippen molar-refractivity contribution in [1.82, 2.24) is 15.1 Å². The van der Waals surface area contributed by atoms with E-state index in [-0.39, 0.29) is 0 Å². The summed E-state index contributed by atoms with van der Waals surface area (Å²) in [4.78, 5) is 5.22. The van der Waals surface area contributed by atoms with Crippen molar-refractivity contribution in [2.75, 3.05) is 46.3 Å². The molecule has 3 heteroatoms. The Morgan fingerprint density at radius 1 is 1.14 bits per heavy atom. The lowest BCUT2D eigenvalue weighted by molar-refractivity contribution is 0.156. The normalized spacial score (nSPS) is 40.9. The quantitative estimate of drug-likeness (QED) is 0.635. The first-order valence-corrected chi connectivity index (χ1v) is 5.91. The van der Waals surface area contributed by atoms with Crippen molar-refractivity contribution >= 4 is 0 Å². The van der Waals surface area contributed by atoms with Crippen LogP contribution in [0.4, 0.5) is 0 Å². The minimum absolute atomic E-state index is 0.671. The molecular weight excluding hydrogens is 174 g/mol. The van der Waals surface area contributed by atoms with Crippen LogP contribution in [0.1, 0.15) is 12.8 Å². The Bertz CT molecular complexity index is 227. The van der Waals surface area contributed by atoms with Crippen LogP contribution in [0, 0.1) is 5.41 Å². The van der Waals surface area contributed by atoms with Gasteiger partial charge in [0, 0.05) is 32.2 Å². The van der Waals surface area contributed by atoms with E-state index >= 15 is 0 Å². The van der Waals surface area contributed by atoms with Crippen LogP contribution in [0.15, 0.2) is 0 Å². The van der Waals surface area contributed by atoms with Gasteiger partial charge in [-0.1, -0.05) is 0 Å². The van der Waals surface area contributed by atoms with Crippen LogP contribution in [0.2, 0.25) is 0 Å². The van der Waals surface area contributed by atoms with Gasteiger partial charge in [0.05, 0.1) is 0 Å². The highest BCUT2D eigenvalue weighted by Gasteiger charge is 2.44. The van der Waals surface area contributed by atoms with E-state index in [1.54, 1.807) is 0 Å². The number of hydrogen-bond acceptors (Lipinski definition) is 3. The van der Waals surface area contributed by atoms with Crippen LogP contribution in [0.25, 0.3) is 0 Å². The topological polar surface area (TPSA) is 18.5 Å². The summed E-state index contributed by atoms with van der Waals surface area (Å²) < 4.78 is 0. The summed E-state index contributed by atoms with van der Waals surface area (Å²) in [7, 11) is 2.27. The maximum Gasteiger partial charge on any atom is 0.0345 e. The first-order valence-electron chi connectivity index (χ1n) is 5.91. The van der Waals surface area contributed by atoms with Gasteiger partial charge in [0.2, 0.25) is 0 Å². The molecule has 0 saturated carbocycles. The minimum atomic E-state index is 0.671. The molecule has 0 amide bonds. The number of likely N-dealkylation sites (tertiary alicyclic amines) is 2. The van der Waals surface area contributed by atoms with Gasteiger partial charge in [-0.15, -0.1) is 0 Å². The maximum atomic E-state index is 3.37. The summed E-state index contributed by atoms with van der Waals surface area (Å²) in [5.74, 6) is 0. The van der Waals surface area contributed by atoms with Gasteiger partial charge in [0.25, 0.3) is 0 Å². The van der Waals surface area contributed by atoms with E-state index in [4.69, 9.17) is 0 Å². The molecule has 3 fully saturated rings. The van der Waals surface area contributed by atoms with Gasteiger partial charge in [-0.05, 0) is 38.4 Å². The van der Waals surface area contributed by atoms with Gasteiger partial charge >= 0.3 is 0 Å². The largest absolute Gasteiger partial charge is 0.314 e. The van der Waals surface area contributed by atoms with Gasteiger partial charge in [-0.3, -0.25) is 4.90 Å². The summed E-state index contributed by atoms with van der Waals surface area (Å²) in [5.41, 5.74) is 0.671. The summed E-state index contributed by atoms with van der Waals surface area (Å²) in [5, 5.41) is 3.37. The lowest BCUT2D eigenvalue weighted by Gasteiger charge is -2.36. The second kappa shape index (κ2) is 3.19. The summed E-state index contributed by atoms with van der Waals surface area (Å²) in [6.07, 6.45) is 2.87. The smallest absolute Gasteiger partial charge is 0.0345 e. The second-order valence-electron chi connectivity index (χ2n) is 5.52. The van der Waals surface area contributed by atoms with Crippen LogP contribution in [0.5, 0.6) is 0 Å². The van der Waals surface area contributed by atoms with Crippen molar-refractivity contribution in [2.45, 2.75) is 18.9 Å². The van der Waals surface area contributed by atoms with Crippen molar-refractivity contribution in [3.05, 3.63) is 0 Å². The number of nitrogens with one attached hydrogen (secondary N) is 1. The Morgan fingerprint density at radius 3 is 2.50 bits per heavy atom. The standard InChI is InChI=1S/C11H21N3/c1-13-4-2-11(8-13)3-5-14(9-11)10-6-12-7-10/h10,12H,2-9H2,1H3. The minimum Gasteiger partial charge on any atom is -0.314 e. The summed E-state index contributed by atoms with van der Waals surface area (Å²) >= 11 is 0. The monoisotopic (exact) mass is 195 g/mol. The van der Waals surface area contributed by atoms with Gasteiger partial charge < -0.3 is 10.2 Å². The molecule has 0 aromatic heterocycles. The molecule has 0 bridgehead atoms. The van der Waals surface area contributed by atoms with Crippen molar-refractivity contribution in [2.24, 2.45) is 5.41 Å². The molecule has 3 aliphatic rings. The molecule has 80 valence electrons. The third-order valence-electron chi connectivity index (χ3n) is 4.37. The molecule has 0 aromatic rings. The van der Waals surface area contributed by atoms with Gasteiger partial charge in [-0.25, -0.2) is 0 Å². The van der Waals surface area contributed by atoms with E-state index in [2.05, 4.69) is 22.2 Å². The summed E-state index contributed by atoms with van der Waals surface area (Å²) in [6.45, 7) is 7.82. The summed E-state index contributed by atoms with van der Waals surface area (Å²) in [6, 6.07) is 0.861. The fraction of sp³-hybridized carbons (Fsp3) is 1.00. The van der Waals surface area contributed by atoms with E-state index in [0.29, 0.717) is 5.41 Å². The fourth-order valence-corrected chi connectivity index (χ4v) is 3.30. The molecule has 3 saturated heterocycles. The predicted molar refractivity (Wildman–Crippen MR) is 57.4 cm³/mol. The highest BCUT2D eigenvalue weighted by molar-refractivity contribution is 4.99. The molecule has 0 aromatic carbocycles. The molecule has 3 aliphatic heterocycles. The van der Waals surface area contributed by atoms with Crippen molar-refractivity contribution < 1.29 is 0 Å². The first kappa shape index (κ1) is 9.13. The maximum absolute atomic E-state index is 3.37. The van der Waals surface area contributed by atoms with Gasteiger partial charge in [0.1, 0.15) is 0 Å². The van der Waals surface area contributed by atoms with Crippen molar-refractivity contribution in [3.8, 4) is 0 Å². The van der Waals surface area contributed by atoms with Crippen LogP contribution >= 0.6 is 0 Å². The van der Waals surface area contributed by atoms with Crippen molar-refractivity contribution in [1.29, 1.82) is 0 Å². The molecule has 1 spiro atoms. The molecule has 1 N–H and O–H groups in total. The number of nitrogens with zero attached hydrogens (tertiary/aromatic N) is 2. The van der Waals surface area contributed by atoms with Crippen LogP contribution in [0.3, 0.4) is 0 Å². The number of rotatable bonds is 1. The van der Waals surface area contributed by atoms with E-state index in [0.717, 1.165) is 6.04 Å². The van der Waals surface area contributed by atoms with E-state index in [1.165, 1.54) is 52.1 Å². The highest BCUT2D eigenvalue weighted by Crippen LogP contribution is 2.39. The molecule has 1 unspecified atom stereocenters. The Balaban J connectivity index is 1.63. The Hall–Kier alpha value is -0.120. The molecular formula is C11H21N3. The zero-order chi connectivity index (χ0) is 9.60. The van der Waals surface area contributed by atoms with Gasteiger partial charge in [-0.2, -0.15) is 0 Å². The Labute approximate surface area is 86.4 Å². The average Bonchev–Trinajstić information content (AvgIpc) is 2.58. The van der Waals surface area contributed by atoms with Crippen molar-refractivity contribution in [3.63, 3.8) is 0 Å². The van der Waals surface area contributed by atoms with E-state index in [1.807, 2.05) is 0 Å². The highest BCUT2D eigenvalue weighted by atomic mass is 15.3.